The van der Waals surface area contributed by atoms with Crippen LogP contribution in [0, 0.1) is 40.9 Å². The number of aliphatic imine (C=N–C) groups is 1. The van der Waals surface area contributed by atoms with Gasteiger partial charge in [-0.1, -0.05) is 12.1 Å². The van der Waals surface area contributed by atoms with Crippen molar-refractivity contribution in [1.82, 2.24) is 4.90 Å². The Bertz CT molecular complexity index is 795. The summed E-state index contributed by atoms with van der Waals surface area (Å²) in [5.41, 5.74) is 0.945. The minimum absolute atomic E-state index is 0.183. The maximum Gasteiger partial charge on any atom is 0.207 e. The van der Waals surface area contributed by atoms with Crippen molar-refractivity contribution in [2.45, 2.75) is 49.7 Å². The highest BCUT2D eigenvalue weighted by Crippen LogP contribution is 2.64. The zero-order valence-corrected chi connectivity index (χ0v) is 15.8. The van der Waals surface area contributed by atoms with E-state index in [9.17, 15) is 19.9 Å². The van der Waals surface area contributed by atoms with E-state index in [0.29, 0.717) is 43.2 Å². The fourth-order valence-corrected chi connectivity index (χ4v) is 6.79. The first kappa shape index (κ1) is 18.1. The molecule has 1 saturated heterocycles. The Balaban J connectivity index is 1.56. The minimum atomic E-state index is -0.362. The van der Waals surface area contributed by atoms with Gasteiger partial charge in [0.1, 0.15) is 11.7 Å². The van der Waals surface area contributed by atoms with Gasteiger partial charge in [-0.15, -0.1) is 0 Å². The molecule has 1 aromatic carbocycles. The van der Waals surface area contributed by atoms with Crippen LogP contribution in [0.25, 0.3) is 0 Å². The molecule has 5 nitrogen and oxygen atoms in total. The van der Waals surface area contributed by atoms with Crippen LogP contribution in [0.15, 0.2) is 29.3 Å². The predicted octanol–water partition coefficient (Wildman–Crippen LogP) is 2.44. The molecule has 0 atom stereocenters. The molecule has 28 heavy (non-hydrogen) atoms. The number of aliphatic hydroxyl groups excluding tert-OH is 2. The number of hydrogen-bond acceptors (Lipinski definition) is 4. The molecule has 5 aliphatic rings. The van der Waals surface area contributed by atoms with Crippen LogP contribution < -0.4 is 0 Å². The number of β-amino-alcohol motifs (C(OH)–C–C–N with tert-alkyl or cyclic N) is 1. The van der Waals surface area contributed by atoms with E-state index in [4.69, 9.17) is 0 Å². The smallest absolute Gasteiger partial charge is 0.207 e. The molecule has 1 aromatic rings. The zero-order valence-electron chi connectivity index (χ0n) is 15.8. The third-order valence-electron chi connectivity index (χ3n) is 8.01. The van der Waals surface area contributed by atoms with Crippen molar-refractivity contribution in [3.8, 4) is 6.19 Å². The second kappa shape index (κ2) is 6.53. The number of aliphatic hydroxyl groups is 2. The van der Waals surface area contributed by atoms with Crippen LogP contribution in [0.2, 0.25) is 0 Å². The van der Waals surface area contributed by atoms with Crippen LogP contribution in [0.3, 0.4) is 0 Å². The Morgan fingerprint density at radius 1 is 1.11 bits per heavy atom. The number of halogens is 1. The quantitative estimate of drug-likeness (QED) is 0.477. The Morgan fingerprint density at radius 2 is 1.68 bits per heavy atom. The molecule has 6 rings (SSSR count). The molecule has 148 valence electrons. The molecular weight excluding hydrogens is 357 g/mol. The minimum Gasteiger partial charge on any atom is -0.393 e. The number of rotatable bonds is 3. The van der Waals surface area contributed by atoms with E-state index >= 15 is 0 Å². The number of amidine groups is 1. The topological polar surface area (TPSA) is 79.8 Å². The van der Waals surface area contributed by atoms with Crippen molar-refractivity contribution < 1.29 is 14.6 Å². The maximum absolute atomic E-state index is 13.7. The summed E-state index contributed by atoms with van der Waals surface area (Å²) < 4.78 is 13.7. The monoisotopic (exact) mass is 383 g/mol. The molecule has 0 aromatic heterocycles. The SMILES string of the molecule is N#C/N=C(/CC1(c2ccc(F)cc2)C2CC3CC1CC(C2)C3O)N1CC(O)C1. The molecule has 5 fully saturated rings. The molecule has 0 amide bonds. The third-order valence-corrected chi connectivity index (χ3v) is 8.01. The van der Waals surface area contributed by atoms with Gasteiger partial charge in [0.2, 0.25) is 6.19 Å². The van der Waals surface area contributed by atoms with Gasteiger partial charge in [-0.3, -0.25) is 0 Å². The molecule has 1 aliphatic heterocycles. The van der Waals surface area contributed by atoms with Gasteiger partial charge < -0.3 is 15.1 Å². The summed E-state index contributed by atoms with van der Waals surface area (Å²) in [5, 5.41) is 29.6. The van der Waals surface area contributed by atoms with Gasteiger partial charge in [0.05, 0.1) is 12.2 Å². The number of likely N-dealkylation sites (tertiary alicyclic amines) is 1. The molecule has 1 heterocycles. The third kappa shape index (κ3) is 2.60. The van der Waals surface area contributed by atoms with Crippen LogP contribution in [0.1, 0.15) is 37.7 Å². The van der Waals surface area contributed by atoms with Crippen LogP contribution in [-0.4, -0.2) is 46.2 Å². The lowest BCUT2D eigenvalue weighted by Crippen LogP contribution is -2.62. The van der Waals surface area contributed by atoms with E-state index in [1.54, 1.807) is 0 Å². The average molecular weight is 383 g/mol. The van der Waals surface area contributed by atoms with Crippen molar-refractivity contribution in [1.29, 1.82) is 5.26 Å². The summed E-state index contributed by atoms with van der Waals surface area (Å²) >= 11 is 0. The Morgan fingerprint density at radius 3 is 2.18 bits per heavy atom. The Labute approximate surface area is 164 Å². The lowest BCUT2D eigenvalue weighted by atomic mass is 9.42. The highest BCUT2D eigenvalue weighted by atomic mass is 19.1. The summed E-state index contributed by atoms with van der Waals surface area (Å²) in [5.74, 6) is 2.02. The second-order valence-corrected chi connectivity index (χ2v) is 9.26. The van der Waals surface area contributed by atoms with Crippen molar-refractivity contribution in [2.24, 2.45) is 28.7 Å². The molecule has 4 saturated carbocycles. The number of nitrogens with zero attached hydrogens (tertiary/aromatic N) is 3. The summed E-state index contributed by atoms with van der Waals surface area (Å²) in [6.45, 7) is 1.03. The highest BCUT2D eigenvalue weighted by Gasteiger charge is 2.61. The first-order valence-electron chi connectivity index (χ1n) is 10.3. The highest BCUT2D eigenvalue weighted by molar-refractivity contribution is 5.85. The lowest BCUT2D eigenvalue weighted by Gasteiger charge is -2.63. The van der Waals surface area contributed by atoms with Crippen molar-refractivity contribution in [3.05, 3.63) is 35.6 Å². The van der Waals surface area contributed by atoms with Crippen LogP contribution in [-0.2, 0) is 5.41 Å². The largest absolute Gasteiger partial charge is 0.393 e. The Kier molecular flexibility index (Phi) is 4.22. The molecule has 0 radical (unpaired) electrons. The molecular formula is C22H26FN3O2. The number of benzene rings is 1. The molecule has 6 heteroatoms. The van der Waals surface area contributed by atoms with E-state index in [-0.39, 0.29) is 23.4 Å². The van der Waals surface area contributed by atoms with Crippen molar-refractivity contribution in [3.63, 3.8) is 0 Å². The van der Waals surface area contributed by atoms with Gasteiger partial charge in [0, 0.05) is 24.9 Å². The van der Waals surface area contributed by atoms with Crippen LogP contribution in [0.4, 0.5) is 4.39 Å². The Hall–Kier alpha value is -1.97. The van der Waals surface area contributed by atoms with Gasteiger partial charge in [0.15, 0.2) is 0 Å². The van der Waals surface area contributed by atoms with E-state index in [0.717, 1.165) is 37.1 Å². The predicted molar refractivity (Wildman–Crippen MR) is 102 cm³/mol. The van der Waals surface area contributed by atoms with Crippen LogP contribution in [0.5, 0.6) is 0 Å². The average Bonchev–Trinajstić information content (AvgIpc) is 2.64. The summed E-state index contributed by atoms with van der Waals surface area (Å²) in [6, 6.07) is 6.88. The lowest BCUT2D eigenvalue weighted by molar-refractivity contribution is -0.135. The first-order chi connectivity index (χ1) is 13.5. The first-order valence-corrected chi connectivity index (χ1v) is 10.3. The molecule has 4 bridgehead atoms. The van der Waals surface area contributed by atoms with Gasteiger partial charge in [-0.2, -0.15) is 10.3 Å². The van der Waals surface area contributed by atoms with Crippen LogP contribution >= 0.6 is 0 Å². The molecule has 2 N–H and O–H groups in total. The summed E-state index contributed by atoms with van der Waals surface area (Å²) in [4.78, 5) is 6.15. The summed E-state index contributed by atoms with van der Waals surface area (Å²) in [6.07, 6.45) is 5.97. The number of nitriles is 1. The standard InChI is InChI=1S/C22H26FN3O2/c23-18-3-1-15(2-4-18)22(9-20(25-12-24)26-10-19(27)11-26)16-5-13-6-17(22)8-14(7-16)21(13)28/h1-4,13-14,16-17,19,21,27-28H,5-11H2/b25-20-. The van der Waals surface area contributed by atoms with Crippen molar-refractivity contribution >= 4 is 5.84 Å². The molecule has 4 aliphatic carbocycles. The number of hydrogen-bond donors (Lipinski definition) is 2. The normalized spacial score (nSPS) is 39.7. The maximum atomic E-state index is 13.7. The van der Waals surface area contributed by atoms with E-state index in [1.807, 2.05) is 23.2 Å². The van der Waals surface area contributed by atoms with Crippen molar-refractivity contribution in [2.75, 3.05) is 13.1 Å². The van der Waals surface area contributed by atoms with Gasteiger partial charge in [-0.25, -0.2) is 4.39 Å². The fraction of sp³-hybridized carbons (Fsp3) is 0.636. The van der Waals surface area contributed by atoms with E-state index < -0.39 is 0 Å². The molecule has 0 unspecified atom stereocenters. The zero-order chi connectivity index (χ0) is 19.5. The van der Waals surface area contributed by atoms with E-state index in [2.05, 4.69) is 4.99 Å². The van der Waals surface area contributed by atoms with Gasteiger partial charge >= 0.3 is 0 Å². The summed E-state index contributed by atoms with van der Waals surface area (Å²) in [7, 11) is 0. The van der Waals surface area contributed by atoms with E-state index in [1.165, 1.54) is 12.1 Å². The van der Waals surface area contributed by atoms with Gasteiger partial charge in [0.25, 0.3) is 0 Å². The van der Waals surface area contributed by atoms with Gasteiger partial charge in [-0.05, 0) is 67.1 Å². The fourth-order valence-electron chi connectivity index (χ4n) is 6.79. The molecule has 0 spiro atoms. The second-order valence-electron chi connectivity index (χ2n) is 9.26.